The van der Waals surface area contributed by atoms with Crippen LogP contribution in [0.4, 0.5) is 0 Å². The Morgan fingerprint density at radius 3 is 3.09 bits per heavy atom. The van der Waals surface area contributed by atoms with Gasteiger partial charge >= 0.3 is 0 Å². The summed E-state index contributed by atoms with van der Waals surface area (Å²) in [6.45, 7) is 5.60. The summed E-state index contributed by atoms with van der Waals surface area (Å²) >= 11 is 1.60. The van der Waals surface area contributed by atoms with Gasteiger partial charge in [0, 0.05) is 31.1 Å². The molecule has 0 saturated carbocycles. The maximum atomic E-state index is 12.3. The quantitative estimate of drug-likeness (QED) is 0.678. The Morgan fingerprint density at radius 1 is 1.57 bits per heavy atom. The lowest BCUT2D eigenvalue weighted by atomic mass is 10.1. The number of hydrogen-bond donors (Lipinski definition) is 2. The van der Waals surface area contributed by atoms with Gasteiger partial charge in [-0.15, -0.1) is 23.7 Å². The highest BCUT2D eigenvalue weighted by molar-refractivity contribution is 7.09. The van der Waals surface area contributed by atoms with Gasteiger partial charge in [-0.2, -0.15) is 0 Å². The molecule has 1 aromatic rings. The second-order valence-electron chi connectivity index (χ2n) is 5.09. The van der Waals surface area contributed by atoms with E-state index >= 15 is 0 Å². The monoisotopic (exact) mass is 361 g/mol. The van der Waals surface area contributed by atoms with Gasteiger partial charge in [-0.25, -0.2) is 0 Å². The van der Waals surface area contributed by atoms with Gasteiger partial charge in [0.2, 0.25) is 11.8 Å². The molecule has 23 heavy (non-hydrogen) atoms. The second kappa shape index (κ2) is 10.6. The summed E-state index contributed by atoms with van der Waals surface area (Å²) in [4.78, 5) is 27.2. The average Bonchev–Trinajstić information content (AvgIpc) is 3.02. The van der Waals surface area contributed by atoms with E-state index in [0.717, 1.165) is 4.88 Å². The molecule has 2 N–H and O–H groups in total. The summed E-state index contributed by atoms with van der Waals surface area (Å²) in [6.07, 6.45) is 0.176. The molecule has 0 radical (unpaired) electrons. The van der Waals surface area contributed by atoms with Gasteiger partial charge in [0.15, 0.2) is 0 Å². The fourth-order valence-corrected chi connectivity index (χ4v) is 2.99. The van der Waals surface area contributed by atoms with Gasteiger partial charge < -0.3 is 20.3 Å². The van der Waals surface area contributed by atoms with E-state index in [-0.39, 0.29) is 30.6 Å². The normalized spacial score (nSPS) is 17.7. The standard InChI is InChI=1S/C15H23N3O3S.ClH/c1-2-21-8-7-18-6-5-16-13(15(18)20)10-14(19)17-11-12-4-3-9-22-12;/h3-4,9,13,16H,2,5-8,10-11H2,1H3,(H,17,19);1H. The molecule has 130 valence electrons. The van der Waals surface area contributed by atoms with Crippen LogP contribution in [0.2, 0.25) is 0 Å². The highest BCUT2D eigenvalue weighted by atomic mass is 35.5. The maximum absolute atomic E-state index is 12.3. The molecule has 1 aliphatic rings. The van der Waals surface area contributed by atoms with E-state index in [1.165, 1.54) is 0 Å². The SMILES string of the molecule is CCOCCN1CCNC(CC(=O)NCc2cccs2)C1=O.Cl. The summed E-state index contributed by atoms with van der Waals surface area (Å²) in [5.74, 6) is -0.122. The molecule has 0 bridgehead atoms. The van der Waals surface area contributed by atoms with Crippen LogP contribution in [0.1, 0.15) is 18.2 Å². The van der Waals surface area contributed by atoms with Crippen LogP contribution >= 0.6 is 23.7 Å². The Kier molecular flexibility index (Phi) is 9.16. The van der Waals surface area contributed by atoms with Crippen molar-refractivity contribution in [1.29, 1.82) is 0 Å². The number of rotatable bonds is 8. The average molecular weight is 362 g/mol. The summed E-state index contributed by atoms with van der Waals surface area (Å²) < 4.78 is 5.29. The van der Waals surface area contributed by atoms with E-state index < -0.39 is 6.04 Å². The van der Waals surface area contributed by atoms with Crippen LogP contribution < -0.4 is 10.6 Å². The number of amides is 2. The van der Waals surface area contributed by atoms with Crippen LogP contribution in [0.15, 0.2) is 17.5 Å². The van der Waals surface area contributed by atoms with Crippen LogP contribution in [0.25, 0.3) is 0 Å². The number of thiophene rings is 1. The maximum Gasteiger partial charge on any atom is 0.240 e. The molecule has 0 aromatic carbocycles. The number of carbonyl (C=O) groups is 2. The summed E-state index contributed by atoms with van der Waals surface area (Å²) in [6, 6.07) is 3.50. The first-order valence-corrected chi connectivity index (χ1v) is 8.47. The topological polar surface area (TPSA) is 70.7 Å². The fourth-order valence-electron chi connectivity index (χ4n) is 2.35. The van der Waals surface area contributed by atoms with Crippen LogP contribution in [0.5, 0.6) is 0 Å². The molecule has 1 aliphatic heterocycles. The highest BCUT2D eigenvalue weighted by Crippen LogP contribution is 2.09. The number of nitrogens with zero attached hydrogens (tertiary/aromatic N) is 1. The van der Waals surface area contributed by atoms with E-state index in [1.54, 1.807) is 16.2 Å². The number of halogens is 1. The molecule has 2 amide bonds. The predicted molar refractivity (Wildman–Crippen MR) is 92.9 cm³/mol. The number of carbonyl (C=O) groups excluding carboxylic acids is 2. The second-order valence-corrected chi connectivity index (χ2v) is 6.12. The fraction of sp³-hybridized carbons (Fsp3) is 0.600. The minimum absolute atomic E-state index is 0. The van der Waals surface area contributed by atoms with Crippen LogP contribution in [0.3, 0.4) is 0 Å². The number of ether oxygens (including phenoxy) is 1. The lowest BCUT2D eigenvalue weighted by Crippen LogP contribution is -2.56. The van der Waals surface area contributed by atoms with Crippen molar-refractivity contribution in [3.05, 3.63) is 22.4 Å². The first-order chi connectivity index (χ1) is 10.7. The molecule has 1 saturated heterocycles. The first kappa shape index (κ1) is 19.9. The zero-order valence-corrected chi connectivity index (χ0v) is 14.9. The van der Waals surface area contributed by atoms with Gasteiger partial charge in [0.25, 0.3) is 0 Å². The lowest BCUT2D eigenvalue weighted by molar-refractivity contribution is -0.138. The summed E-state index contributed by atoms with van der Waals surface area (Å²) in [7, 11) is 0. The largest absolute Gasteiger partial charge is 0.380 e. The number of piperazine rings is 1. The molecule has 2 heterocycles. The molecule has 2 rings (SSSR count). The van der Waals surface area contributed by atoms with Gasteiger partial charge in [0.1, 0.15) is 0 Å². The first-order valence-electron chi connectivity index (χ1n) is 7.59. The molecule has 1 fully saturated rings. The third-order valence-electron chi connectivity index (χ3n) is 3.52. The van der Waals surface area contributed by atoms with E-state index in [4.69, 9.17) is 4.74 Å². The Labute approximate surface area is 147 Å². The highest BCUT2D eigenvalue weighted by Gasteiger charge is 2.29. The zero-order valence-electron chi connectivity index (χ0n) is 13.2. The minimum Gasteiger partial charge on any atom is -0.380 e. The van der Waals surface area contributed by atoms with Crippen molar-refractivity contribution < 1.29 is 14.3 Å². The van der Waals surface area contributed by atoms with Crippen LogP contribution in [-0.4, -0.2) is 55.6 Å². The minimum atomic E-state index is -0.432. The van der Waals surface area contributed by atoms with Crippen LogP contribution in [-0.2, 0) is 20.9 Å². The van der Waals surface area contributed by atoms with Crippen molar-refractivity contribution in [2.24, 2.45) is 0 Å². The van der Waals surface area contributed by atoms with Gasteiger partial charge in [-0.05, 0) is 18.4 Å². The summed E-state index contributed by atoms with van der Waals surface area (Å²) in [5, 5.41) is 7.96. The Hall–Kier alpha value is -1.15. The van der Waals surface area contributed by atoms with Gasteiger partial charge in [-0.3, -0.25) is 9.59 Å². The van der Waals surface area contributed by atoms with Crippen molar-refractivity contribution in [2.75, 3.05) is 32.8 Å². The molecule has 8 heteroatoms. The third-order valence-corrected chi connectivity index (χ3v) is 4.40. The molecule has 1 atom stereocenters. The molecule has 0 spiro atoms. The van der Waals surface area contributed by atoms with Crippen molar-refractivity contribution in [3.8, 4) is 0 Å². The number of hydrogen-bond acceptors (Lipinski definition) is 5. The van der Waals surface area contributed by atoms with Gasteiger partial charge in [0.05, 0.1) is 25.6 Å². The molecular weight excluding hydrogens is 338 g/mol. The Balaban J connectivity index is 0.00000264. The summed E-state index contributed by atoms with van der Waals surface area (Å²) in [5.41, 5.74) is 0. The van der Waals surface area contributed by atoms with Crippen molar-refractivity contribution >= 4 is 35.6 Å². The Bertz CT molecular complexity index is 484. The van der Waals surface area contributed by atoms with E-state index in [9.17, 15) is 9.59 Å². The molecule has 1 aromatic heterocycles. The molecule has 6 nitrogen and oxygen atoms in total. The third kappa shape index (κ3) is 6.47. The lowest BCUT2D eigenvalue weighted by Gasteiger charge is -2.32. The smallest absolute Gasteiger partial charge is 0.240 e. The van der Waals surface area contributed by atoms with Gasteiger partial charge in [-0.1, -0.05) is 6.07 Å². The van der Waals surface area contributed by atoms with E-state index in [2.05, 4.69) is 10.6 Å². The van der Waals surface area contributed by atoms with E-state index in [1.807, 2.05) is 24.4 Å². The Morgan fingerprint density at radius 2 is 2.39 bits per heavy atom. The number of nitrogens with one attached hydrogen (secondary N) is 2. The van der Waals surface area contributed by atoms with Crippen LogP contribution in [0, 0.1) is 0 Å². The van der Waals surface area contributed by atoms with Crippen molar-refractivity contribution in [1.82, 2.24) is 15.5 Å². The predicted octanol–water partition coefficient (Wildman–Crippen LogP) is 1.01. The van der Waals surface area contributed by atoms with E-state index in [0.29, 0.717) is 39.4 Å². The zero-order chi connectivity index (χ0) is 15.8. The van der Waals surface area contributed by atoms with Crippen molar-refractivity contribution in [3.63, 3.8) is 0 Å². The molecular formula is C15H24ClN3O3S. The molecule has 0 aliphatic carbocycles. The van der Waals surface area contributed by atoms with Crippen molar-refractivity contribution in [2.45, 2.75) is 25.9 Å². The molecule has 1 unspecified atom stereocenters.